The van der Waals surface area contributed by atoms with Gasteiger partial charge >= 0.3 is 0 Å². The Balaban J connectivity index is 2.26. The minimum absolute atomic E-state index is 0.317. The summed E-state index contributed by atoms with van der Waals surface area (Å²) in [5, 5.41) is 13.2. The largest absolute Gasteiger partial charge is 0.530 e. The van der Waals surface area contributed by atoms with Gasteiger partial charge in [-0.15, -0.1) is 11.3 Å². The highest BCUT2D eigenvalue weighted by molar-refractivity contribution is 7.14. The van der Waals surface area contributed by atoms with Crippen molar-refractivity contribution in [3.05, 3.63) is 29.6 Å². The number of carbonyl (C=O) groups is 1. The van der Waals surface area contributed by atoms with E-state index in [1.54, 1.807) is 14.0 Å². The summed E-state index contributed by atoms with van der Waals surface area (Å²) in [6.45, 7) is 2.06. The Labute approximate surface area is 115 Å². The second-order valence-corrected chi connectivity index (χ2v) is 4.59. The Morgan fingerprint density at radius 1 is 1.42 bits per heavy atom. The third-order valence-electron chi connectivity index (χ3n) is 2.65. The van der Waals surface area contributed by atoms with E-state index in [0.29, 0.717) is 11.7 Å². The lowest BCUT2D eigenvalue weighted by Crippen LogP contribution is -2.41. The molecule has 0 aliphatic rings. The zero-order valence-electron chi connectivity index (χ0n) is 10.6. The highest BCUT2D eigenvalue weighted by Crippen LogP contribution is 2.28. The fraction of sp³-hybridized carbons (Fsp3) is 0.231. The average Bonchev–Trinajstić information content (AvgIpc) is 2.89. The molecule has 1 amide bonds. The van der Waals surface area contributed by atoms with Crippen molar-refractivity contribution in [2.24, 2.45) is 0 Å². The SMILES string of the molecule is CCN(C(=O)[O-])c1nc(-c2ccc(OC)cc2)cs1. The van der Waals surface area contributed by atoms with Crippen LogP contribution in [0.25, 0.3) is 11.3 Å². The van der Waals surface area contributed by atoms with Crippen LogP contribution in [0.5, 0.6) is 5.75 Å². The molecule has 100 valence electrons. The van der Waals surface area contributed by atoms with E-state index in [4.69, 9.17) is 4.74 Å². The summed E-state index contributed by atoms with van der Waals surface area (Å²) in [5.41, 5.74) is 1.65. The van der Waals surface area contributed by atoms with Gasteiger partial charge in [-0.2, -0.15) is 0 Å². The van der Waals surface area contributed by atoms with Gasteiger partial charge in [0, 0.05) is 17.5 Å². The van der Waals surface area contributed by atoms with Gasteiger partial charge < -0.3 is 19.5 Å². The molecule has 1 aromatic carbocycles. The standard InChI is InChI=1S/C13H14N2O3S/c1-3-15(13(16)17)12-14-11(8-19-12)9-4-6-10(18-2)7-5-9/h4-8H,3H2,1-2H3,(H,16,17)/p-1. The van der Waals surface area contributed by atoms with Crippen molar-refractivity contribution in [2.75, 3.05) is 18.6 Å². The van der Waals surface area contributed by atoms with Crippen molar-refractivity contribution in [1.29, 1.82) is 0 Å². The van der Waals surface area contributed by atoms with Gasteiger partial charge in [-0.25, -0.2) is 4.98 Å². The number of anilines is 1. The molecule has 0 fully saturated rings. The van der Waals surface area contributed by atoms with Crippen LogP contribution in [-0.4, -0.2) is 24.7 Å². The van der Waals surface area contributed by atoms with E-state index in [2.05, 4.69) is 4.98 Å². The van der Waals surface area contributed by atoms with Crippen LogP contribution in [0, 0.1) is 0 Å². The third-order valence-corrected chi connectivity index (χ3v) is 3.51. The van der Waals surface area contributed by atoms with Gasteiger partial charge in [0.15, 0.2) is 5.13 Å². The zero-order valence-corrected chi connectivity index (χ0v) is 11.4. The van der Waals surface area contributed by atoms with Crippen molar-refractivity contribution < 1.29 is 14.6 Å². The Morgan fingerprint density at radius 2 is 2.11 bits per heavy atom. The quantitative estimate of drug-likeness (QED) is 0.857. The van der Waals surface area contributed by atoms with Gasteiger partial charge in [0.2, 0.25) is 0 Å². The Bertz CT molecular complexity index is 566. The number of methoxy groups -OCH3 is 1. The maximum Gasteiger partial charge on any atom is 0.191 e. The summed E-state index contributed by atoms with van der Waals surface area (Å²) in [7, 11) is 1.61. The van der Waals surface area contributed by atoms with Gasteiger partial charge in [-0.3, -0.25) is 0 Å². The van der Waals surface area contributed by atoms with Gasteiger partial charge in [-0.1, -0.05) is 0 Å². The molecule has 0 atom stereocenters. The van der Waals surface area contributed by atoms with E-state index in [0.717, 1.165) is 21.9 Å². The van der Waals surface area contributed by atoms with Gasteiger partial charge in [0.05, 0.1) is 12.8 Å². The lowest BCUT2D eigenvalue weighted by molar-refractivity contribution is -0.246. The number of rotatable bonds is 4. The number of carbonyl (C=O) groups excluding carboxylic acids is 1. The molecule has 0 saturated carbocycles. The van der Waals surface area contributed by atoms with Crippen LogP contribution in [0.1, 0.15) is 6.92 Å². The predicted octanol–water partition coefficient (Wildman–Crippen LogP) is 1.99. The molecule has 6 heteroatoms. The van der Waals surface area contributed by atoms with Crippen LogP contribution in [-0.2, 0) is 0 Å². The van der Waals surface area contributed by atoms with E-state index in [1.807, 2.05) is 29.6 Å². The second-order valence-electron chi connectivity index (χ2n) is 3.75. The molecule has 0 bridgehead atoms. The molecule has 2 aromatic rings. The molecule has 0 N–H and O–H groups in total. The Morgan fingerprint density at radius 3 is 2.63 bits per heavy atom. The first-order valence-electron chi connectivity index (χ1n) is 5.74. The molecular weight excluding hydrogens is 264 g/mol. The van der Waals surface area contributed by atoms with Crippen LogP contribution in [0.3, 0.4) is 0 Å². The third kappa shape index (κ3) is 2.85. The summed E-state index contributed by atoms with van der Waals surface area (Å²) in [5.74, 6) is 0.768. The molecule has 0 saturated heterocycles. The first-order chi connectivity index (χ1) is 9.15. The van der Waals surface area contributed by atoms with Crippen molar-refractivity contribution in [2.45, 2.75) is 6.92 Å². The van der Waals surface area contributed by atoms with E-state index in [-0.39, 0.29) is 0 Å². The molecule has 2 rings (SSSR count). The smallest absolute Gasteiger partial charge is 0.191 e. The van der Waals surface area contributed by atoms with Gasteiger partial charge in [-0.05, 0) is 31.2 Å². The second kappa shape index (κ2) is 5.71. The van der Waals surface area contributed by atoms with Crippen LogP contribution in [0.15, 0.2) is 29.6 Å². The first kappa shape index (κ1) is 13.4. The van der Waals surface area contributed by atoms with E-state index in [9.17, 15) is 9.90 Å². The van der Waals surface area contributed by atoms with Crippen LogP contribution < -0.4 is 14.7 Å². The summed E-state index contributed by atoms with van der Waals surface area (Å²) >= 11 is 1.28. The molecule has 1 heterocycles. The molecule has 0 aliphatic carbocycles. The normalized spacial score (nSPS) is 10.2. The van der Waals surface area contributed by atoms with Crippen molar-refractivity contribution in [3.63, 3.8) is 0 Å². The molecule has 0 radical (unpaired) electrons. The Kier molecular flexibility index (Phi) is 4.01. The summed E-state index contributed by atoms with van der Waals surface area (Å²) in [4.78, 5) is 16.3. The highest BCUT2D eigenvalue weighted by atomic mass is 32.1. The lowest BCUT2D eigenvalue weighted by Gasteiger charge is -2.19. The van der Waals surface area contributed by atoms with Crippen LogP contribution >= 0.6 is 11.3 Å². The van der Waals surface area contributed by atoms with Crippen molar-refractivity contribution >= 4 is 22.6 Å². The maximum atomic E-state index is 10.9. The Hall–Kier alpha value is -2.08. The molecule has 5 nitrogen and oxygen atoms in total. The van der Waals surface area contributed by atoms with Crippen LogP contribution in [0.2, 0.25) is 0 Å². The van der Waals surface area contributed by atoms with E-state index >= 15 is 0 Å². The van der Waals surface area contributed by atoms with Gasteiger partial charge in [0.25, 0.3) is 0 Å². The fourth-order valence-corrected chi connectivity index (χ4v) is 2.51. The molecule has 0 spiro atoms. The van der Waals surface area contributed by atoms with E-state index in [1.165, 1.54) is 11.3 Å². The van der Waals surface area contributed by atoms with E-state index < -0.39 is 6.09 Å². The molecule has 19 heavy (non-hydrogen) atoms. The lowest BCUT2D eigenvalue weighted by atomic mass is 10.2. The number of nitrogens with zero attached hydrogens (tertiary/aromatic N) is 2. The minimum Gasteiger partial charge on any atom is -0.530 e. The molecular formula is C13H13N2O3S-. The summed E-state index contributed by atoms with van der Waals surface area (Å²) in [6.07, 6.45) is -1.24. The minimum atomic E-state index is -1.24. The number of hydrogen-bond donors (Lipinski definition) is 0. The fourth-order valence-electron chi connectivity index (χ4n) is 1.63. The number of hydrogen-bond acceptors (Lipinski definition) is 5. The van der Waals surface area contributed by atoms with Crippen LogP contribution in [0.4, 0.5) is 9.93 Å². The van der Waals surface area contributed by atoms with Gasteiger partial charge in [0.1, 0.15) is 11.8 Å². The predicted molar refractivity (Wildman–Crippen MR) is 72.5 cm³/mol. The molecule has 0 aliphatic heterocycles. The van der Waals surface area contributed by atoms with Crippen molar-refractivity contribution in [3.8, 4) is 17.0 Å². The maximum absolute atomic E-state index is 10.9. The average molecular weight is 277 g/mol. The zero-order chi connectivity index (χ0) is 13.8. The summed E-state index contributed by atoms with van der Waals surface area (Å²) in [6, 6.07) is 7.44. The molecule has 1 aromatic heterocycles. The number of benzene rings is 1. The number of amides is 1. The summed E-state index contributed by atoms with van der Waals surface area (Å²) < 4.78 is 5.09. The first-order valence-corrected chi connectivity index (χ1v) is 6.62. The number of aromatic nitrogens is 1. The molecule has 0 unspecified atom stereocenters. The topological polar surface area (TPSA) is 65.5 Å². The number of carboxylic acid groups (broad SMARTS) is 1. The number of thiazole rings is 1. The monoisotopic (exact) mass is 277 g/mol. The number of ether oxygens (including phenoxy) is 1. The highest BCUT2D eigenvalue weighted by Gasteiger charge is 2.11. The van der Waals surface area contributed by atoms with Crippen molar-refractivity contribution in [1.82, 2.24) is 4.98 Å².